The topological polar surface area (TPSA) is 29.1 Å². The van der Waals surface area contributed by atoms with E-state index in [0.29, 0.717) is 6.42 Å². The first-order valence-electron chi connectivity index (χ1n) is 9.34. The lowest BCUT2D eigenvalue weighted by atomic mass is 9.70. The summed E-state index contributed by atoms with van der Waals surface area (Å²) in [5.41, 5.74) is 4.25. The van der Waals surface area contributed by atoms with Gasteiger partial charge in [0.2, 0.25) is 0 Å². The monoisotopic (exact) mass is 353 g/mol. The van der Waals surface area contributed by atoms with E-state index in [1.54, 1.807) is 0 Å². The molecule has 0 bridgehead atoms. The van der Waals surface area contributed by atoms with Gasteiger partial charge in [0, 0.05) is 11.6 Å². The molecule has 0 aliphatic heterocycles. The Morgan fingerprint density at radius 1 is 0.889 bits per heavy atom. The molecule has 0 saturated heterocycles. The van der Waals surface area contributed by atoms with Gasteiger partial charge in [-0.2, -0.15) is 0 Å². The summed E-state index contributed by atoms with van der Waals surface area (Å²) in [5.74, 6) is 0.111. The Hall–Kier alpha value is -2.97. The van der Waals surface area contributed by atoms with Crippen molar-refractivity contribution in [2.45, 2.75) is 24.9 Å². The molecule has 1 aliphatic rings. The zero-order valence-corrected chi connectivity index (χ0v) is 15.5. The molecule has 4 rings (SSSR count). The minimum absolute atomic E-state index is 0.0217. The normalized spacial score (nSPS) is 19.1. The predicted octanol–water partition coefficient (Wildman–Crippen LogP) is 5.67. The molecular formula is C25H23NO. The number of carbonyl (C=O) groups excluding carboxylic acids is 1. The number of fused-ring (bicyclic) bond motifs is 3. The minimum Gasteiger partial charge on any atom is -0.294 e. The van der Waals surface area contributed by atoms with Crippen LogP contribution in [0, 0.1) is 0 Å². The van der Waals surface area contributed by atoms with Crippen molar-refractivity contribution < 1.29 is 4.79 Å². The largest absolute Gasteiger partial charge is 0.294 e. The highest BCUT2D eigenvalue weighted by Crippen LogP contribution is 2.44. The van der Waals surface area contributed by atoms with Gasteiger partial charge in [-0.3, -0.25) is 10.1 Å². The molecule has 0 spiro atoms. The molecule has 0 fully saturated rings. The second-order valence-corrected chi connectivity index (χ2v) is 7.10. The van der Waals surface area contributed by atoms with Crippen molar-refractivity contribution in [1.29, 1.82) is 0 Å². The number of Topliss-reactive ketones (excluding diaryl/α,β-unsaturated/α-hetero) is 1. The van der Waals surface area contributed by atoms with Gasteiger partial charge in [0.25, 0.3) is 0 Å². The molecule has 27 heavy (non-hydrogen) atoms. The Kier molecular flexibility index (Phi) is 4.51. The highest BCUT2D eigenvalue weighted by atomic mass is 16.1. The van der Waals surface area contributed by atoms with Crippen LogP contribution in [-0.4, -0.2) is 5.78 Å². The summed E-state index contributed by atoms with van der Waals surface area (Å²) in [5, 5.41) is 3.68. The number of nitrogens with one attached hydrogen (secondary N) is 1. The van der Waals surface area contributed by atoms with Gasteiger partial charge >= 0.3 is 0 Å². The summed E-state index contributed by atoms with van der Waals surface area (Å²) in [6, 6.07) is 26.4. The maximum Gasteiger partial charge on any atom is 0.188 e. The minimum atomic E-state index is -0.818. The van der Waals surface area contributed by atoms with Gasteiger partial charge in [-0.15, -0.1) is 6.58 Å². The van der Waals surface area contributed by atoms with Crippen molar-refractivity contribution in [3.05, 3.63) is 108 Å². The molecule has 134 valence electrons. The molecular weight excluding hydrogens is 330 g/mol. The molecule has 0 saturated carbocycles. The molecule has 0 heterocycles. The number of carbonyl (C=O) groups is 1. The average Bonchev–Trinajstić information content (AvgIpc) is 2.73. The summed E-state index contributed by atoms with van der Waals surface area (Å²) in [6.07, 6.45) is 2.38. The van der Waals surface area contributed by atoms with E-state index in [-0.39, 0.29) is 11.8 Å². The van der Waals surface area contributed by atoms with Crippen molar-refractivity contribution in [2.24, 2.45) is 0 Å². The van der Waals surface area contributed by atoms with Gasteiger partial charge in [-0.05, 0) is 35.6 Å². The van der Waals surface area contributed by atoms with Crippen LogP contribution in [0.15, 0.2) is 91.5 Å². The SMILES string of the molecule is C=CC[C@]1(N[C@@H](C)c2ccccc2)C(=O)c2ccccc2-c2ccccc21. The lowest BCUT2D eigenvalue weighted by Gasteiger charge is -2.41. The van der Waals surface area contributed by atoms with Crippen molar-refractivity contribution in [1.82, 2.24) is 5.32 Å². The predicted molar refractivity (Wildman–Crippen MR) is 111 cm³/mol. The Balaban J connectivity index is 1.89. The number of hydrogen-bond donors (Lipinski definition) is 1. The van der Waals surface area contributed by atoms with Crippen LogP contribution in [0.5, 0.6) is 0 Å². The van der Waals surface area contributed by atoms with Crippen LogP contribution in [0.3, 0.4) is 0 Å². The summed E-state index contributed by atoms with van der Waals surface area (Å²) in [4.78, 5) is 13.7. The van der Waals surface area contributed by atoms with Crippen LogP contribution < -0.4 is 5.32 Å². The molecule has 1 N–H and O–H groups in total. The van der Waals surface area contributed by atoms with Crippen LogP contribution in [0.25, 0.3) is 11.1 Å². The van der Waals surface area contributed by atoms with Gasteiger partial charge in [-0.1, -0.05) is 84.9 Å². The maximum atomic E-state index is 13.7. The van der Waals surface area contributed by atoms with Crippen LogP contribution in [0.2, 0.25) is 0 Å². The zero-order valence-electron chi connectivity index (χ0n) is 15.5. The van der Waals surface area contributed by atoms with Crippen molar-refractivity contribution in [3.8, 4) is 11.1 Å². The molecule has 0 amide bonds. The van der Waals surface area contributed by atoms with Crippen molar-refractivity contribution >= 4 is 5.78 Å². The Morgan fingerprint density at radius 2 is 1.48 bits per heavy atom. The molecule has 0 aromatic heterocycles. The van der Waals surface area contributed by atoms with Gasteiger partial charge < -0.3 is 0 Å². The van der Waals surface area contributed by atoms with E-state index in [9.17, 15) is 4.79 Å². The Morgan fingerprint density at radius 3 is 2.19 bits per heavy atom. The number of rotatable bonds is 5. The van der Waals surface area contributed by atoms with E-state index in [1.807, 2.05) is 60.7 Å². The number of hydrogen-bond acceptors (Lipinski definition) is 2. The zero-order chi connectivity index (χ0) is 18.9. The lowest BCUT2D eigenvalue weighted by Crippen LogP contribution is -2.51. The summed E-state index contributed by atoms with van der Waals surface area (Å²) < 4.78 is 0. The van der Waals surface area contributed by atoms with E-state index < -0.39 is 5.54 Å². The molecule has 2 heteroatoms. The van der Waals surface area contributed by atoms with Gasteiger partial charge in [-0.25, -0.2) is 0 Å². The third kappa shape index (κ3) is 2.83. The van der Waals surface area contributed by atoms with E-state index in [2.05, 4.69) is 43.1 Å². The average molecular weight is 353 g/mol. The van der Waals surface area contributed by atoms with Gasteiger partial charge in [0.1, 0.15) is 5.54 Å². The van der Waals surface area contributed by atoms with Gasteiger partial charge in [0.15, 0.2) is 5.78 Å². The molecule has 2 nitrogen and oxygen atoms in total. The third-order valence-electron chi connectivity index (χ3n) is 5.45. The van der Waals surface area contributed by atoms with E-state index in [4.69, 9.17) is 0 Å². The fourth-order valence-corrected chi connectivity index (χ4v) is 4.17. The molecule has 3 aromatic carbocycles. The first-order chi connectivity index (χ1) is 13.2. The van der Waals surface area contributed by atoms with E-state index in [1.165, 1.54) is 0 Å². The van der Waals surface area contributed by atoms with Crippen molar-refractivity contribution in [3.63, 3.8) is 0 Å². The highest BCUT2D eigenvalue weighted by molar-refractivity contribution is 6.12. The molecule has 0 radical (unpaired) electrons. The summed E-state index contributed by atoms with van der Waals surface area (Å²) in [7, 11) is 0. The first kappa shape index (κ1) is 17.4. The molecule has 1 aliphatic carbocycles. The Bertz CT molecular complexity index is 992. The maximum absolute atomic E-state index is 13.7. The third-order valence-corrected chi connectivity index (χ3v) is 5.45. The quantitative estimate of drug-likeness (QED) is 0.599. The van der Waals surface area contributed by atoms with Crippen LogP contribution >= 0.6 is 0 Å². The van der Waals surface area contributed by atoms with Crippen molar-refractivity contribution in [2.75, 3.05) is 0 Å². The van der Waals surface area contributed by atoms with E-state index >= 15 is 0 Å². The second kappa shape index (κ2) is 6.98. The second-order valence-electron chi connectivity index (χ2n) is 7.10. The standard InChI is InChI=1S/C25H23NO/c1-3-17-25(26-18(2)19-11-5-4-6-12-19)23-16-10-9-14-21(23)20-13-7-8-15-22(20)24(25)27/h3-16,18,26H,1,17H2,2H3/t18-,25+/m0/s1. The van der Waals surface area contributed by atoms with Crippen LogP contribution in [0.4, 0.5) is 0 Å². The number of ketones is 1. The lowest BCUT2D eigenvalue weighted by molar-refractivity contribution is 0.0831. The summed E-state index contributed by atoms with van der Waals surface area (Å²) >= 11 is 0. The van der Waals surface area contributed by atoms with Gasteiger partial charge in [0.05, 0.1) is 0 Å². The first-order valence-corrected chi connectivity index (χ1v) is 9.34. The molecule has 2 atom stereocenters. The highest BCUT2D eigenvalue weighted by Gasteiger charge is 2.45. The fraction of sp³-hybridized carbons (Fsp3) is 0.160. The van der Waals surface area contributed by atoms with Crippen LogP contribution in [-0.2, 0) is 5.54 Å². The summed E-state index contributed by atoms with van der Waals surface area (Å²) in [6.45, 7) is 6.06. The van der Waals surface area contributed by atoms with Crippen LogP contribution in [0.1, 0.15) is 40.9 Å². The number of benzene rings is 3. The molecule has 3 aromatic rings. The Labute approximate surface area is 160 Å². The fourth-order valence-electron chi connectivity index (χ4n) is 4.17. The van der Waals surface area contributed by atoms with E-state index in [0.717, 1.165) is 27.8 Å². The smallest absolute Gasteiger partial charge is 0.188 e. The molecule has 0 unspecified atom stereocenters.